The van der Waals surface area contributed by atoms with Crippen molar-refractivity contribution in [2.45, 2.75) is 44.6 Å². The van der Waals surface area contributed by atoms with Crippen molar-refractivity contribution in [2.75, 3.05) is 6.54 Å². The molecule has 0 fully saturated rings. The highest BCUT2D eigenvalue weighted by Crippen LogP contribution is 2.16. The van der Waals surface area contributed by atoms with Crippen molar-refractivity contribution in [3.63, 3.8) is 0 Å². The van der Waals surface area contributed by atoms with Crippen LogP contribution in [0.5, 0.6) is 0 Å². The van der Waals surface area contributed by atoms with Crippen LogP contribution in [-0.4, -0.2) is 23.0 Å². The van der Waals surface area contributed by atoms with Crippen molar-refractivity contribution in [3.05, 3.63) is 35.4 Å². The van der Waals surface area contributed by atoms with Crippen molar-refractivity contribution >= 4 is 17.7 Å². The van der Waals surface area contributed by atoms with Crippen LogP contribution < -0.4 is 5.32 Å². The minimum absolute atomic E-state index is 0.0295. The van der Waals surface area contributed by atoms with E-state index >= 15 is 0 Å². The van der Waals surface area contributed by atoms with Gasteiger partial charge < -0.3 is 5.32 Å². The third kappa shape index (κ3) is 5.13. The predicted octanol–water partition coefficient (Wildman–Crippen LogP) is 3.18. The Kier molecular flexibility index (Phi) is 6.27. The number of rotatable bonds is 6. The largest absolute Gasteiger partial charge is 0.355 e. The lowest BCUT2D eigenvalue weighted by molar-refractivity contribution is -0.120. The smallest absolute Gasteiger partial charge is 0.232 e. The van der Waals surface area contributed by atoms with Crippen LogP contribution in [0.1, 0.15) is 31.9 Å². The van der Waals surface area contributed by atoms with Crippen LogP contribution in [0.15, 0.2) is 24.3 Å². The lowest BCUT2D eigenvalue weighted by Crippen LogP contribution is -2.33. The van der Waals surface area contributed by atoms with Gasteiger partial charge in [0, 0.05) is 6.54 Å². The molecule has 3 heteroatoms. The average Bonchev–Trinajstić information content (AvgIpc) is 2.30. The molecule has 0 heterocycles. The maximum absolute atomic E-state index is 11.8. The Hall–Kier alpha value is -0.960. The minimum atomic E-state index is 0.0295. The van der Waals surface area contributed by atoms with E-state index in [1.807, 2.05) is 19.1 Å². The molecule has 1 N–H and O–H groups in total. The van der Waals surface area contributed by atoms with Gasteiger partial charge in [0.25, 0.3) is 0 Å². The van der Waals surface area contributed by atoms with Gasteiger partial charge in [0.1, 0.15) is 0 Å². The van der Waals surface area contributed by atoms with Gasteiger partial charge in [-0.05, 0) is 36.6 Å². The Morgan fingerprint density at radius 3 is 2.56 bits per heavy atom. The zero-order valence-electron chi connectivity index (χ0n) is 11.7. The van der Waals surface area contributed by atoms with Gasteiger partial charge in [-0.3, -0.25) is 4.79 Å². The molecule has 1 unspecified atom stereocenters. The second kappa shape index (κ2) is 7.47. The molecule has 1 aromatic carbocycles. The van der Waals surface area contributed by atoms with Crippen molar-refractivity contribution in [2.24, 2.45) is 0 Å². The van der Waals surface area contributed by atoms with Gasteiger partial charge in [0.05, 0.1) is 5.25 Å². The summed E-state index contributed by atoms with van der Waals surface area (Å²) in [4.78, 5) is 11.8. The number of hydrogen-bond acceptors (Lipinski definition) is 2. The Morgan fingerprint density at radius 2 is 1.94 bits per heavy atom. The number of carbonyl (C=O) groups excluding carboxylic acids is 1. The van der Waals surface area contributed by atoms with E-state index in [4.69, 9.17) is 0 Å². The second-order valence-electron chi connectivity index (χ2n) is 4.79. The second-order valence-corrected chi connectivity index (χ2v) is 6.72. The molecule has 0 spiro atoms. The molecular weight excluding hydrogens is 242 g/mol. The standard InChI is InChI=1S/C15H23NOS/c1-11(2)18-13(4)15(17)16-10-9-14-8-6-5-7-12(14)3/h5-8,11,13H,9-10H2,1-4H3,(H,16,17). The Bertz CT molecular complexity index is 390. The summed E-state index contributed by atoms with van der Waals surface area (Å²) in [6.45, 7) is 9.01. The van der Waals surface area contributed by atoms with Gasteiger partial charge in [-0.15, -0.1) is 11.8 Å². The molecule has 0 aliphatic heterocycles. The molecule has 18 heavy (non-hydrogen) atoms. The maximum atomic E-state index is 11.8. The maximum Gasteiger partial charge on any atom is 0.232 e. The van der Waals surface area contributed by atoms with E-state index < -0.39 is 0 Å². The predicted molar refractivity (Wildman–Crippen MR) is 80.1 cm³/mol. The molecule has 1 amide bonds. The number of thioether (sulfide) groups is 1. The molecule has 2 nitrogen and oxygen atoms in total. The Morgan fingerprint density at radius 1 is 1.28 bits per heavy atom. The van der Waals surface area contributed by atoms with Gasteiger partial charge in [-0.2, -0.15) is 0 Å². The topological polar surface area (TPSA) is 29.1 Å². The Labute approximate surface area is 115 Å². The van der Waals surface area contributed by atoms with Gasteiger partial charge in [0.15, 0.2) is 0 Å². The van der Waals surface area contributed by atoms with Gasteiger partial charge in [0.2, 0.25) is 5.91 Å². The molecule has 1 atom stereocenters. The molecule has 0 radical (unpaired) electrons. The van der Waals surface area contributed by atoms with Gasteiger partial charge >= 0.3 is 0 Å². The number of hydrogen-bond donors (Lipinski definition) is 1. The zero-order chi connectivity index (χ0) is 13.5. The molecule has 100 valence electrons. The van der Waals surface area contributed by atoms with E-state index in [-0.39, 0.29) is 11.2 Å². The molecule has 0 bridgehead atoms. The summed E-state index contributed by atoms with van der Waals surface area (Å²) in [5, 5.41) is 3.52. The summed E-state index contributed by atoms with van der Waals surface area (Å²) in [6.07, 6.45) is 0.900. The molecule has 1 aromatic rings. The number of aryl methyl sites for hydroxylation is 1. The van der Waals surface area contributed by atoms with E-state index in [2.05, 4.69) is 38.2 Å². The van der Waals surface area contributed by atoms with Gasteiger partial charge in [-0.25, -0.2) is 0 Å². The van der Waals surface area contributed by atoms with Crippen molar-refractivity contribution in [1.29, 1.82) is 0 Å². The van der Waals surface area contributed by atoms with E-state index in [1.165, 1.54) is 11.1 Å². The van der Waals surface area contributed by atoms with E-state index in [0.717, 1.165) is 6.42 Å². The lowest BCUT2D eigenvalue weighted by atomic mass is 10.1. The average molecular weight is 265 g/mol. The van der Waals surface area contributed by atoms with Crippen molar-refractivity contribution < 1.29 is 4.79 Å². The summed E-state index contributed by atoms with van der Waals surface area (Å²) < 4.78 is 0. The summed E-state index contributed by atoms with van der Waals surface area (Å²) in [6, 6.07) is 8.31. The first-order chi connectivity index (χ1) is 8.50. The molecule has 0 saturated heterocycles. The Balaban J connectivity index is 2.34. The van der Waals surface area contributed by atoms with Crippen molar-refractivity contribution in [3.8, 4) is 0 Å². The van der Waals surface area contributed by atoms with Crippen LogP contribution >= 0.6 is 11.8 Å². The van der Waals surface area contributed by atoms with Crippen LogP contribution in [-0.2, 0) is 11.2 Å². The fourth-order valence-electron chi connectivity index (χ4n) is 1.82. The first-order valence-electron chi connectivity index (χ1n) is 6.48. The fraction of sp³-hybridized carbons (Fsp3) is 0.533. The third-order valence-electron chi connectivity index (χ3n) is 2.80. The van der Waals surface area contributed by atoms with Crippen LogP contribution in [0.3, 0.4) is 0 Å². The number of nitrogens with one attached hydrogen (secondary N) is 1. The number of carbonyl (C=O) groups is 1. The minimum Gasteiger partial charge on any atom is -0.355 e. The SMILES string of the molecule is Cc1ccccc1CCNC(=O)C(C)SC(C)C. The zero-order valence-corrected chi connectivity index (χ0v) is 12.5. The summed E-state index contributed by atoms with van der Waals surface area (Å²) in [5.41, 5.74) is 2.60. The molecule has 0 aromatic heterocycles. The first kappa shape index (κ1) is 15.1. The third-order valence-corrected chi connectivity index (χ3v) is 3.97. The van der Waals surface area contributed by atoms with Crippen LogP contribution in [0.2, 0.25) is 0 Å². The fourth-order valence-corrected chi connectivity index (χ4v) is 2.85. The monoisotopic (exact) mass is 265 g/mol. The summed E-state index contributed by atoms with van der Waals surface area (Å²) in [5.74, 6) is 0.141. The molecule has 0 aliphatic carbocycles. The van der Waals surface area contributed by atoms with Crippen molar-refractivity contribution in [1.82, 2.24) is 5.32 Å². The quantitative estimate of drug-likeness (QED) is 0.856. The molecule has 1 rings (SSSR count). The van der Waals surface area contributed by atoms with E-state index in [9.17, 15) is 4.79 Å². The molecule has 0 saturated carbocycles. The molecule has 0 aliphatic rings. The summed E-state index contributed by atoms with van der Waals surface area (Å²) >= 11 is 1.70. The highest BCUT2D eigenvalue weighted by molar-refractivity contribution is 8.01. The number of benzene rings is 1. The van der Waals surface area contributed by atoms with E-state index in [0.29, 0.717) is 11.8 Å². The van der Waals surface area contributed by atoms with Gasteiger partial charge in [-0.1, -0.05) is 38.1 Å². The van der Waals surface area contributed by atoms with Crippen LogP contribution in [0.4, 0.5) is 0 Å². The number of amides is 1. The van der Waals surface area contributed by atoms with Crippen LogP contribution in [0, 0.1) is 6.92 Å². The normalized spacial score (nSPS) is 12.5. The highest BCUT2D eigenvalue weighted by atomic mass is 32.2. The highest BCUT2D eigenvalue weighted by Gasteiger charge is 2.14. The molecular formula is C15H23NOS. The summed E-state index contributed by atoms with van der Waals surface area (Å²) in [7, 11) is 0. The van der Waals surface area contributed by atoms with Crippen LogP contribution in [0.25, 0.3) is 0 Å². The first-order valence-corrected chi connectivity index (χ1v) is 7.42. The van der Waals surface area contributed by atoms with E-state index in [1.54, 1.807) is 11.8 Å². The lowest BCUT2D eigenvalue weighted by Gasteiger charge is -2.14.